The van der Waals surface area contributed by atoms with Crippen molar-refractivity contribution in [3.63, 3.8) is 0 Å². The fourth-order valence-electron chi connectivity index (χ4n) is 2.44. The summed E-state index contributed by atoms with van der Waals surface area (Å²) in [5, 5.41) is 0. The molecule has 0 bridgehead atoms. The van der Waals surface area contributed by atoms with Gasteiger partial charge in [0.15, 0.2) is 0 Å². The fraction of sp³-hybridized carbons (Fsp3) is 0.278. The molecule has 1 atom stereocenters. The second kappa shape index (κ2) is 8.22. The van der Waals surface area contributed by atoms with Crippen molar-refractivity contribution in [2.45, 2.75) is 25.9 Å². The van der Waals surface area contributed by atoms with Crippen molar-refractivity contribution >= 4 is 18.3 Å². The van der Waals surface area contributed by atoms with Gasteiger partial charge in [0, 0.05) is 12.1 Å². The molecule has 0 aliphatic rings. The quantitative estimate of drug-likeness (QED) is 0.891. The highest BCUT2D eigenvalue weighted by atomic mass is 35.5. The van der Waals surface area contributed by atoms with Crippen LogP contribution >= 0.6 is 12.4 Å². The second-order valence-electron chi connectivity index (χ2n) is 5.59. The first-order chi connectivity index (χ1) is 10.9. The summed E-state index contributed by atoms with van der Waals surface area (Å²) in [4.78, 5) is 14.1. The lowest BCUT2D eigenvalue weighted by molar-refractivity contribution is -0.137. The molecule has 0 aliphatic heterocycles. The van der Waals surface area contributed by atoms with E-state index in [9.17, 15) is 13.6 Å². The molecular formula is C18H21ClF2N2O. The predicted molar refractivity (Wildman–Crippen MR) is 92.7 cm³/mol. The fourth-order valence-corrected chi connectivity index (χ4v) is 2.44. The van der Waals surface area contributed by atoms with Crippen LogP contribution in [0.3, 0.4) is 0 Å². The largest absolute Gasteiger partial charge is 0.337 e. The first-order valence-corrected chi connectivity index (χ1v) is 7.44. The number of halogens is 3. The van der Waals surface area contributed by atoms with E-state index in [-0.39, 0.29) is 30.4 Å². The molecule has 0 saturated carbocycles. The molecule has 1 amide bonds. The topological polar surface area (TPSA) is 46.3 Å². The maximum atomic E-state index is 13.8. The average Bonchev–Trinajstić information content (AvgIpc) is 2.55. The van der Waals surface area contributed by atoms with Gasteiger partial charge in [0.1, 0.15) is 17.2 Å². The summed E-state index contributed by atoms with van der Waals surface area (Å²) in [5.41, 5.74) is 5.46. The van der Waals surface area contributed by atoms with Crippen LogP contribution in [0.1, 0.15) is 25.0 Å². The van der Waals surface area contributed by atoms with Crippen molar-refractivity contribution < 1.29 is 13.6 Å². The minimum Gasteiger partial charge on any atom is -0.337 e. The minimum atomic E-state index is -1.26. The Hall–Kier alpha value is -1.98. The number of hydrogen-bond donors (Lipinski definition) is 1. The molecule has 0 heterocycles. The summed E-state index contributed by atoms with van der Waals surface area (Å²) in [5.74, 6) is -1.72. The smallest absolute Gasteiger partial charge is 0.247 e. The highest BCUT2D eigenvalue weighted by molar-refractivity contribution is 5.87. The summed E-state index contributed by atoms with van der Waals surface area (Å²) in [6.07, 6.45) is 0. The van der Waals surface area contributed by atoms with Gasteiger partial charge in [0.2, 0.25) is 5.91 Å². The Morgan fingerprint density at radius 2 is 1.62 bits per heavy atom. The van der Waals surface area contributed by atoms with Gasteiger partial charge in [-0.25, -0.2) is 8.78 Å². The molecule has 0 saturated heterocycles. The third-order valence-corrected chi connectivity index (χ3v) is 3.90. The molecule has 0 fully saturated rings. The minimum absolute atomic E-state index is 0. The van der Waals surface area contributed by atoms with Gasteiger partial charge in [-0.1, -0.05) is 36.4 Å². The maximum Gasteiger partial charge on any atom is 0.247 e. The van der Waals surface area contributed by atoms with Gasteiger partial charge in [0.05, 0.1) is 6.54 Å². The highest BCUT2D eigenvalue weighted by Crippen LogP contribution is 2.22. The third kappa shape index (κ3) is 4.10. The van der Waals surface area contributed by atoms with Gasteiger partial charge in [-0.2, -0.15) is 0 Å². The van der Waals surface area contributed by atoms with E-state index >= 15 is 0 Å². The second-order valence-corrected chi connectivity index (χ2v) is 5.59. The summed E-state index contributed by atoms with van der Waals surface area (Å²) in [6, 6.07) is 12.6. The van der Waals surface area contributed by atoms with Crippen LogP contribution in [0.25, 0.3) is 0 Å². The van der Waals surface area contributed by atoms with Crippen molar-refractivity contribution in [2.75, 3.05) is 6.54 Å². The van der Waals surface area contributed by atoms with Gasteiger partial charge in [-0.15, -0.1) is 12.4 Å². The molecule has 0 spiro atoms. The Bertz CT molecular complexity index is 672. The van der Waals surface area contributed by atoms with E-state index in [0.29, 0.717) is 12.1 Å². The molecule has 6 heteroatoms. The van der Waals surface area contributed by atoms with E-state index in [1.165, 1.54) is 23.1 Å². The van der Waals surface area contributed by atoms with E-state index in [1.54, 1.807) is 38.1 Å². The zero-order valence-electron chi connectivity index (χ0n) is 13.6. The summed E-state index contributed by atoms with van der Waals surface area (Å²) >= 11 is 0. The molecular weight excluding hydrogens is 334 g/mol. The van der Waals surface area contributed by atoms with Crippen LogP contribution in [0.5, 0.6) is 0 Å². The number of nitrogens with zero attached hydrogens (tertiary/aromatic N) is 1. The lowest BCUT2D eigenvalue weighted by Gasteiger charge is -2.31. The van der Waals surface area contributed by atoms with Crippen molar-refractivity contribution in [3.05, 3.63) is 71.3 Å². The van der Waals surface area contributed by atoms with Crippen molar-refractivity contribution in [1.82, 2.24) is 4.90 Å². The predicted octanol–water partition coefficient (Wildman–Crippen LogP) is 3.61. The Morgan fingerprint density at radius 3 is 2.12 bits per heavy atom. The van der Waals surface area contributed by atoms with Crippen LogP contribution in [0.15, 0.2) is 48.5 Å². The Labute approximate surface area is 146 Å². The average molecular weight is 355 g/mol. The maximum absolute atomic E-state index is 13.8. The first-order valence-electron chi connectivity index (χ1n) is 7.44. The van der Waals surface area contributed by atoms with Crippen LogP contribution in [0, 0.1) is 11.6 Å². The molecule has 2 aromatic carbocycles. The van der Waals surface area contributed by atoms with Gasteiger partial charge < -0.3 is 10.6 Å². The van der Waals surface area contributed by atoms with Crippen LogP contribution in [0.2, 0.25) is 0 Å². The lowest BCUT2D eigenvalue weighted by Crippen LogP contribution is -2.50. The van der Waals surface area contributed by atoms with Crippen molar-refractivity contribution in [3.8, 4) is 0 Å². The SMILES string of the molecule is CCN(Cc1c(F)cccc1F)C(=O)C(C)(N)c1ccccc1.Cl. The molecule has 3 nitrogen and oxygen atoms in total. The number of nitrogens with two attached hydrogens (primary N) is 1. The molecule has 24 heavy (non-hydrogen) atoms. The monoisotopic (exact) mass is 354 g/mol. The zero-order chi connectivity index (χ0) is 17.0. The standard InChI is InChI=1S/C18H20F2N2O.ClH/c1-3-22(12-14-15(19)10-7-11-16(14)20)17(23)18(2,21)13-8-5-4-6-9-13;/h4-11H,3,12,21H2,1-2H3;1H. The van der Waals surface area contributed by atoms with Crippen LogP contribution in [0.4, 0.5) is 8.78 Å². The van der Waals surface area contributed by atoms with Crippen molar-refractivity contribution in [2.24, 2.45) is 5.73 Å². The van der Waals surface area contributed by atoms with Crippen LogP contribution in [-0.2, 0) is 16.9 Å². The van der Waals surface area contributed by atoms with Gasteiger partial charge >= 0.3 is 0 Å². The number of carbonyl (C=O) groups excluding carboxylic acids is 1. The Morgan fingerprint density at radius 1 is 1.08 bits per heavy atom. The Balaban J connectivity index is 0.00000288. The number of rotatable bonds is 5. The lowest BCUT2D eigenvalue weighted by atomic mass is 9.91. The summed E-state index contributed by atoms with van der Waals surface area (Å²) in [7, 11) is 0. The van der Waals surface area contributed by atoms with E-state index in [0.717, 1.165) is 0 Å². The van der Waals surface area contributed by atoms with Crippen LogP contribution in [-0.4, -0.2) is 17.4 Å². The van der Waals surface area contributed by atoms with E-state index in [2.05, 4.69) is 0 Å². The number of amides is 1. The molecule has 0 aromatic heterocycles. The number of hydrogen-bond acceptors (Lipinski definition) is 2. The molecule has 1 unspecified atom stereocenters. The molecule has 130 valence electrons. The van der Waals surface area contributed by atoms with E-state index < -0.39 is 17.2 Å². The summed E-state index contributed by atoms with van der Waals surface area (Å²) in [6.45, 7) is 3.49. The number of benzene rings is 2. The molecule has 0 aliphatic carbocycles. The van der Waals surface area contributed by atoms with Crippen LogP contribution < -0.4 is 5.73 Å². The van der Waals surface area contributed by atoms with E-state index in [4.69, 9.17) is 5.73 Å². The number of likely N-dealkylation sites (N-methyl/N-ethyl adjacent to an activating group) is 1. The molecule has 0 radical (unpaired) electrons. The molecule has 2 rings (SSSR count). The van der Waals surface area contributed by atoms with Gasteiger partial charge in [-0.05, 0) is 31.5 Å². The molecule has 2 aromatic rings. The highest BCUT2D eigenvalue weighted by Gasteiger charge is 2.34. The number of carbonyl (C=O) groups is 1. The van der Waals surface area contributed by atoms with Crippen molar-refractivity contribution in [1.29, 1.82) is 0 Å². The van der Waals surface area contributed by atoms with Gasteiger partial charge in [-0.3, -0.25) is 4.79 Å². The Kier molecular flexibility index (Phi) is 6.87. The van der Waals surface area contributed by atoms with E-state index in [1.807, 2.05) is 6.07 Å². The molecule has 2 N–H and O–H groups in total. The third-order valence-electron chi connectivity index (χ3n) is 3.90. The summed E-state index contributed by atoms with van der Waals surface area (Å²) < 4.78 is 27.6. The normalized spacial score (nSPS) is 12.9. The first kappa shape index (κ1) is 20.1. The van der Waals surface area contributed by atoms with Gasteiger partial charge in [0.25, 0.3) is 0 Å². The zero-order valence-corrected chi connectivity index (χ0v) is 14.4.